The van der Waals surface area contributed by atoms with E-state index < -0.39 is 0 Å². The monoisotopic (exact) mass is 244 g/mol. The molecule has 2 aliphatic carbocycles. The predicted molar refractivity (Wildman–Crippen MR) is 68.2 cm³/mol. The van der Waals surface area contributed by atoms with Gasteiger partial charge in [-0.05, 0) is 54.5 Å². The number of hydrazone groups is 1. The molecule has 1 aromatic rings. The molecule has 4 nitrogen and oxygen atoms in total. The van der Waals surface area contributed by atoms with E-state index >= 15 is 0 Å². The number of phenols is 1. The van der Waals surface area contributed by atoms with Gasteiger partial charge < -0.3 is 5.11 Å². The van der Waals surface area contributed by atoms with Gasteiger partial charge in [0, 0.05) is 5.92 Å². The number of nitrogens with zero attached hydrogens (tertiary/aromatic N) is 1. The Labute approximate surface area is 106 Å². The van der Waals surface area contributed by atoms with Gasteiger partial charge in [-0.3, -0.25) is 4.79 Å². The molecule has 3 rings (SSSR count). The van der Waals surface area contributed by atoms with E-state index in [4.69, 9.17) is 5.11 Å². The Morgan fingerprint density at radius 1 is 1.39 bits per heavy atom. The molecule has 18 heavy (non-hydrogen) atoms. The number of carbonyl (C=O) groups excluding carboxylic acids is 1. The summed E-state index contributed by atoms with van der Waals surface area (Å²) < 4.78 is 0. The highest BCUT2D eigenvalue weighted by atomic mass is 16.3. The summed E-state index contributed by atoms with van der Waals surface area (Å²) in [5.41, 5.74) is 3.79. The number of rotatable bonds is 3. The molecule has 1 aromatic carbocycles. The smallest absolute Gasteiger partial charge is 0.243 e. The molecule has 0 heterocycles. The lowest BCUT2D eigenvalue weighted by molar-refractivity contribution is -0.123. The van der Waals surface area contributed by atoms with Crippen molar-refractivity contribution in [1.82, 2.24) is 5.43 Å². The van der Waals surface area contributed by atoms with Crippen LogP contribution in [0.15, 0.2) is 29.4 Å². The average molecular weight is 244 g/mol. The van der Waals surface area contributed by atoms with Crippen LogP contribution in [0.2, 0.25) is 0 Å². The number of phenolic OH excluding ortho intramolecular Hbond substituents is 1. The van der Waals surface area contributed by atoms with Crippen LogP contribution in [0.1, 0.15) is 31.2 Å². The fraction of sp³-hybridized carbons (Fsp3) is 0.429. The second kappa shape index (κ2) is 4.12. The van der Waals surface area contributed by atoms with Crippen molar-refractivity contribution in [2.45, 2.75) is 25.7 Å². The topological polar surface area (TPSA) is 61.7 Å². The highest BCUT2D eigenvalue weighted by Crippen LogP contribution is 2.65. The minimum Gasteiger partial charge on any atom is -0.508 e. The predicted octanol–water partition coefficient (Wildman–Crippen LogP) is 2.03. The molecule has 1 atom stereocenters. The first-order valence-corrected chi connectivity index (χ1v) is 6.32. The number of hydrogen-bond donors (Lipinski definition) is 2. The van der Waals surface area contributed by atoms with Crippen LogP contribution in [0.4, 0.5) is 0 Å². The quantitative estimate of drug-likeness (QED) is 0.631. The third-order valence-corrected chi connectivity index (χ3v) is 4.14. The summed E-state index contributed by atoms with van der Waals surface area (Å²) in [6.45, 7) is 0. The summed E-state index contributed by atoms with van der Waals surface area (Å²) in [4.78, 5) is 11.8. The Morgan fingerprint density at radius 2 is 2.11 bits per heavy atom. The number of carbonyl (C=O) groups is 1. The molecule has 1 unspecified atom stereocenters. The molecule has 2 aliphatic rings. The lowest BCUT2D eigenvalue weighted by atomic mass is 9.80. The lowest BCUT2D eigenvalue weighted by Crippen LogP contribution is -2.26. The molecule has 4 heteroatoms. The Bertz CT molecular complexity index is 489. The largest absolute Gasteiger partial charge is 0.508 e. The van der Waals surface area contributed by atoms with Crippen LogP contribution in [0, 0.1) is 11.3 Å². The number of benzene rings is 1. The number of nitrogens with one attached hydrogen (secondary N) is 1. The fourth-order valence-electron chi connectivity index (χ4n) is 2.71. The molecule has 0 bridgehead atoms. The van der Waals surface area contributed by atoms with E-state index in [1.54, 1.807) is 30.5 Å². The van der Waals surface area contributed by atoms with Gasteiger partial charge in [0.2, 0.25) is 5.91 Å². The molecular formula is C14H16N2O2. The Hall–Kier alpha value is -1.84. The van der Waals surface area contributed by atoms with E-state index in [1.807, 2.05) is 0 Å². The van der Waals surface area contributed by atoms with Crippen LogP contribution in [0.3, 0.4) is 0 Å². The second-order valence-electron chi connectivity index (χ2n) is 5.30. The first-order valence-electron chi connectivity index (χ1n) is 6.32. The van der Waals surface area contributed by atoms with Gasteiger partial charge in [-0.2, -0.15) is 5.10 Å². The molecule has 2 fully saturated rings. The van der Waals surface area contributed by atoms with Crippen molar-refractivity contribution < 1.29 is 9.90 Å². The van der Waals surface area contributed by atoms with E-state index in [2.05, 4.69) is 10.5 Å². The molecule has 94 valence electrons. The van der Waals surface area contributed by atoms with Crippen LogP contribution in [-0.2, 0) is 4.79 Å². The lowest BCUT2D eigenvalue weighted by Gasteiger charge is -2.25. The number of aromatic hydroxyl groups is 1. The molecule has 2 N–H and O–H groups in total. The van der Waals surface area contributed by atoms with Crippen LogP contribution < -0.4 is 5.43 Å². The Kier molecular flexibility index (Phi) is 2.58. The summed E-state index contributed by atoms with van der Waals surface area (Å²) in [5.74, 6) is 0.453. The van der Waals surface area contributed by atoms with Gasteiger partial charge in [-0.25, -0.2) is 5.43 Å². The Morgan fingerprint density at radius 3 is 2.67 bits per heavy atom. The van der Waals surface area contributed by atoms with E-state index in [0.29, 0.717) is 5.41 Å². The van der Waals surface area contributed by atoms with E-state index in [1.165, 1.54) is 19.3 Å². The van der Waals surface area contributed by atoms with Crippen LogP contribution in [0.5, 0.6) is 5.75 Å². The minimum atomic E-state index is 0.0460. The summed E-state index contributed by atoms with van der Waals surface area (Å²) >= 11 is 0. The van der Waals surface area contributed by atoms with E-state index in [-0.39, 0.29) is 17.6 Å². The van der Waals surface area contributed by atoms with Gasteiger partial charge in [-0.1, -0.05) is 6.42 Å². The normalized spacial score (nSPS) is 23.9. The maximum Gasteiger partial charge on any atom is 0.243 e. The summed E-state index contributed by atoms with van der Waals surface area (Å²) in [7, 11) is 0. The summed E-state index contributed by atoms with van der Waals surface area (Å²) in [5, 5.41) is 13.1. The van der Waals surface area contributed by atoms with Crippen LogP contribution in [-0.4, -0.2) is 17.2 Å². The maximum absolute atomic E-state index is 11.8. The number of amides is 1. The van der Waals surface area contributed by atoms with Crippen molar-refractivity contribution in [3.05, 3.63) is 29.8 Å². The zero-order chi connectivity index (χ0) is 12.6. The third kappa shape index (κ3) is 1.98. The Balaban J connectivity index is 1.52. The molecule has 0 radical (unpaired) electrons. The standard InChI is InChI=1S/C14H16N2O2/c17-11-4-2-10(3-5-11)9-15-16-13(18)12-8-14(12)6-1-7-14/h2-5,9,12,17H,1,6-8H2,(H,16,18). The van der Waals surface area contributed by atoms with E-state index in [9.17, 15) is 4.79 Å². The molecule has 1 amide bonds. The van der Waals surface area contributed by atoms with Gasteiger partial charge >= 0.3 is 0 Å². The molecule has 0 saturated heterocycles. The van der Waals surface area contributed by atoms with Crippen LogP contribution >= 0.6 is 0 Å². The highest BCUT2D eigenvalue weighted by molar-refractivity contribution is 5.85. The zero-order valence-corrected chi connectivity index (χ0v) is 10.1. The molecule has 0 aromatic heterocycles. The molecule has 1 spiro atoms. The number of hydrogen-bond acceptors (Lipinski definition) is 3. The van der Waals surface area contributed by atoms with E-state index in [0.717, 1.165) is 12.0 Å². The van der Waals surface area contributed by atoms with Gasteiger partial charge in [0.05, 0.1) is 6.21 Å². The average Bonchev–Trinajstić information content (AvgIpc) is 3.07. The van der Waals surface area contributed by atoms with Crippen molar-refractivity contribution in [2.24, 2.45) is 16.4 Å². The zero-order valence-electron chi connectivity index (χ0n) is 10.1. The maximum atomic E-state index is 11.8. The van der Waals surface area contributed by atoms with Gasteiger partial charge in [-0.15, -0.1) is 0 Å². The molecule has 2 saturated carbocycles. The van der Waals surface area contributed by atoms with Crippen molar-refractivity contribution in [3.63, 3.8) is 0 Å². The highest BCUT2D eigenvalue weighted by Gasteiger charge is 2.60. The fourth-order valence-corrected chi connectivity index (χ4v) is 2.71. The molecule has 0 aliphatic heterocycles. The van der Waals surface area contributed by atoms with Gasteiger partial charge in [0.1, 0.15) is 5.75 Å². The minimum absolute atomic E-state index is 0.0460. The first kappa shape index (κ1) is 11.3. The van der Waals surface area contributed by atoms with Gasteiger partial charge in [0.15, 0.2) is 0 Å². The first-order chi connectivity index (χ1) is 8.70. The second-order valence-corrected chi connectivity index (χ2v) is 5.30. The third-order valence-electron chi connectivity index (χ3n) is 4.14. The molecular weight excluding hydrogens is 228 g/mol. The van der Waals surface area contributed by atoms with Crippen molar-refractivity contribution in [3.8, 4) is 5.75 Å². The summed E-state index contributed by atoms with van der Waals surface area (Å²) in [6.07, 6.45) is 6.29. The van der Waals surface area contributed by atoms with Gasteiger partial charge in [0.25, 0.3) is 0 Å². The SMILES string of the molecule is O=C(NN=Cc1ccc(O)cc1)C1CC12CCC2. The van der Waals surface area contributed by atoms with Crippen LogP contribution in [0.25, 0.3) is 0 Å². The van der Waals surface area contributed by atoms with Crippen molar-refractivity contribution in [2.75, 3.05) is 0 Å². The summed E-state index contributed by atoms with van der Waals surface area (Å²) in [6, 6.07) is 6.67. The van der Waals surface area contributed by atoms with Crippen molar-refractivity contribution in [1.29, 1.82) is 0 Å². The van der Waals surface area contributed by atoms with Crippen molar-refractivity contribution >= 4 is 12.1 Å².